The van der Waals surface area contributed by atoms with Gasteiger partial charge in [0.05, 0.1) is 0 Å². The van der Waals surface area contributed by atoms with Gasteiger partial charge in [-0.05, 0) is 37.6 Å². The van der Waals surface area contributed by atoms with Crippen molar-refractivity contribution in [2.45, 2.75) is 72.3 Å². The average molecular weight is 291 g/mol. The molecule has 0 radical (unpaired) electrons. The normalized spacial score (nSPS) is 11.2. The summed E-state index contributed by atoms with van der Waals surface area (Å²) in [5.41, 5.74) is 2.44. The van der Waals surface area contributed by atoms with E-state index in [0.717, 1.165) is 31.6 Å². The molecule has 2 nitrogen and oxygen atoms in total. The van der Waals surface area contributed by atoms with Crippen LogP contribution in [0.15, 0.2) is 18.2 Å². The molecular formula is C19H33NO. The van der Waals surface area contributed by atoms with Crippen molar-refractivity contribution in [3.05, 3.63) is 29.3 Å². The lowest BCUT2D eigenvalue weighted by molar-refractivity contribution is 0.290. The minimum atomic E-state index is 0.439. The SMILES string of the molecule is CCCCCCCCc1ccc(O)c(CN(CC)CC)c1. The highest BCUT2D eigenvalue weighted by molar-refractivity contribution is 5.36. The molecule has 0 bridgehead atoms. The van der Waals surface area contributed by atoms with Crippen molar-refractivity contribution in [2.75, 3.05) is 13.1 Å². The van der Waals surface area contributed by atoms with E-state index in [-0.39, 0.29) is 0 Å². The molecule has 0 heterocycles. The molecule has 1 N–H and O–H groups in total. The molecule has 1 aromatic carbocycles. The maximum Gasteiger partial charge on any atom is 0.120 e. The van der Waals surface area contributed by atoms with Crippen molar-refractivity contribution in [1.29, 1.82) is 0 Å². The van der Waals surface area contributed by atoms with E-state index in [9.17, 15) is 5.11 Å². The van der Waals surface area contributed by atoms with Gasteiger partial charge in [0.2, 0.25) is 0 Å². The van der Waals surface area contributed by atoms with Gasteiger partial charge in [0, 0.05) is 12.1 Å². The summed E-state index contributed by atoms with van der Waals surface area (Å²) in [5.74, 6) is 0.439. The number of unbranched alkanes of at least 4 members (excludes halogenated alkanes) is 5. The molecule has 0 aromatic heterocycles. The Morgan fingerprint density at radius 1 is 0.905 bits per heavy atom. The molecule has 0 fully saturated rings. The van der Waals surface area contributed by atoms with Gasteiger partial charge in [0.1, 0.15) is 5.75 Å². The van der Waals surface area contributed by atoms with Gasteiger partial charge >= 0.3 is 0 Å². The molecule has 0 unspecified atom stereocenters. The molecule has 0 aliphatic rings. The van der Waals surface area contributed by atoms with Crippen LogP contribution < -0.4 is 0 Å². The van der Waals surface area contributed by atoms with Crippen LogP contribution in [0.2, 0.25) is 0 Å². The lowest BCUT2D eigenvalue weighted by atomic mass is 10.0. The van der Waals surface area contributed by atoms with Gasteiger partial charge in [0.25, 0.3) is 0 Å². The zero-order valence-corrected chi connectivity index (χ0v) is 14.2. The number of aromatic hydroxyl groups is 1. The summed E-state index contributed by atoms with van der Waals surface area (Å²) in [4.78, 5) is 2.34. The molecule has 1 rings (SSSR count). The summed E-state index contributed by atoms with van der Waals surface area (Å²) < 4.78 is 0. The Bertz CT molecular complexity index is 385. The molecule has 0 aliphatic carbocycles. The molecule has 120 valence electrons. The number of nitrogens with zero attached hydrogens (tertiary/aromatic N) is 1. The highest BCUT2D eigenvalue weighted by atomic mass is 16.3. The van der Waals surface area contributed by atoms with Gasteiger partial charge in [-0.25, -0.2) is 0 Å². The zero-order chi connectivity index (χ0) is 15.5. The maximum absolute atomic E-state index is 10.0. The first-order valence-corrected chi connectivity index (χ1v) is 8.74. The summed E-state index contributed by atoms with van der Waals surface area (Å²) in [7, 11) is 0. The van der Waals surface area contributed by atoms with Gasteiger partial charge in [-0.3, -0.25) is 4.90 Å². The third kappa shape index (κ3) is 6.99. The molecule has 0 saturated heterocycles. The maximum atomic E-state index is 10.0. The fraction of sp³-hybridized carbons (Fsp3) is 0.684. The van der Waals surface area contributed by atoms with E-state index in [1.807, 2.05) is 6.07 Å². The van der Waals surface area contributed by atoms with E-state index in [1.165, 1.54) is 44.1 Å². The molecule has 0 spiro atoms. The molecule has 1 aromatic rings. The van der Waals surface area contributed by atoms with Crippen LogP contribution in [0.1, 0.15) is 70.4 Å². The van der Waals surface area contributed by atoms with Crippen LogP contribution in [-0.2, 0) is 13.0 Å². The highest BCUT2D eigenvalue weighted by Crippen LogP contribution is 2.21. The Kier molecular flexibility index (Phi) is 9.16. The van der Waals surface area contributed by atoms with E-state index >= 15 is 0 Å². The van der Waals surface area contributed by atoms with Gasteiger partial charge in [-0.2, -0.15) is 0 Å². The van der Waals surface area contributed by atoms with Crippen LogP contribution in [0.4, 0.5) is 0 Å². The highest BCUT2D eigenvalue weighted by Gasteiger charge is 2.07. The van der Waals surface area contributed by atoms with Crippen molar-refractivity contribution < 1.29 is 5.11 Å². The fourth-order valence-corrected chi connectivity index (χ4v) is 2.72. The van der Waals surface area contributed by atoms with E-state index in [0.29, 0.717) is 5.75 Å². The molecule has 21 heavy (non-hydrogen) atoms. The number of phenolic OH excluding ortho intramolecular Hbond substituents is 1. The van der Waals surface area contributed by atoms with Gasteiger partial charge in [-0.15, -0.1) is 0 Å². The van der Waals surface area contributed by atoms with Crippen LogP contribution in [0.3, 0.4) is 0 Å². The molecule has 2 heteroatoms. The third-order valence-electron chi connectivity index (χ3n) is 4.25. The van der Waals surface area contributed by atoms with Crippen LogP contribution >= 0.6 is 0 Å². The Hall–Kier alpha value is -1.02. The monoisotopic (exact) mass is 291 g/mol. The smallest absolute Gasteiger partial charge is 0.120 e. The Balaban J connectivity index is 2.45. The zero-order valence-electron chi connectivity index (χ0n) is 14.2. The Labute approximate surface area is 131 Å². The second-order valence-electron chi connectivity index (χ2n) is 5.94. The third-order valence-corrected chi connectivity index (χ3v) is 4.25. The van der Waals surface area contributed by atoms with Crippen LogP contribution in [0, 0.1) is 0 Å². The largest absolute Gasteiger partial charge is 0.508 e. The quantitative estimate of drug-likeness (QED) is 0.571. The summed E-state index contributed by atoms with van der Waals surface area (Å²) in [6, 6.07) is 6.14. The first-order valence-electron chi connectivity index (χ1n) is 8.74. The van der Waals surface area contributed by atoms with Crippen molar-refractivity contribution >= 4 is 0 Å². The molecular weight excluding hydrogens is 258 g/mol. The number of hydrogen-bond acceptors (Lipinski definition) is 2. The first kappa shape index (κ1) is 18.0. The lowest BCUT2D eigenvalue weighted by Crippen LogP contribution is -2.22. The summed E-state index contributed by atoms with van der Waals surface area (Å²) in [6.45, 7) is 9.49. The number of hydrogen-bond donors (Lipinski definition) is 1. The van der Waals surface area contributed by atoms with E-state index in [2.05, 4.69) is 37.8 Å². The minimum Gasteiger partial charge on any atom is -0.508 e. The molecule has 0 amide bonds. The number of rotatable bonds is 11. The van der Waals surface area contributed by atoms with Gasteiger partial charge < -0.3 is 5.11 Å². The average Bonchev–Trinajstić information content (AvgIpc) is 2.50. The predicted molar refractivity (Wildman–Crippen MR) is 91.8 cm³/mol. The van der Waals surface area contributed by atoms with Crippen molar-refractivity contribution in [1.82, 2.24) is 4.90 Å². The molecule has 0 atom stereocenters. The van der Waals surface area contributed by atoms with E-state index in [4.69, 9.17) is 0 Å². The molecule has 0 saturated carbocycles. The fourth-order valence-electron chi connectivity index (χ4n) is 2.72. The standard InChI is InChI=1S/C19H33NO/c1-4-7-8-9-10-11-12-17-13-14-19(21)18(15-17)16-20(5-2)6-3/h13-15,21H,4-12,16H2,1-3H3. The summed E-state index contributed by atoms with van der Waals surface area (Å²) >= 11 is 0. The topological polar surface area (TPSA) is 23.5 Å². The second kappa shape index (κ2) is 10.7. The van der Waals surface area contributed by atoms with Crippen LogP contribution in [0.25, 0.3) is 0 Å². The van der Waals surface area contributed by atoms with Gasteiger partial charge in [-0.1, -0.05) is 65.0 Å². The number of phenols is 1. The lowest BCUT2D eigenvalue weighted by Gasteiger charge is -2.19. The Morgan fingerprint density at radius 3 is 2.24 bits per heavy atom. The minimum absolute atomic E-state index is 0.439. The van der Waals surface area contributed by atoms with Crippen molar-refractivity contribution in [3.63, 3.8) is 0 Å². The predicted octanol–water partition coefficient (Wildman–Crippen LogP) is 5.14. The number of aryl methyl sites for hydroxylation is 1. The van der Waals surface area contributed by atoms with Gasteiger partial charge in [0.15, 0.2) is 0 Å². The van der Waals surface area contributed by atoms with E-state index in [1.54, 1.807) is 0 Å². The molecule has 0 aliphatic heterocycles. The summed E-state index contributed by atoms with van der Waals surface area (Å²) in [6.07, 6.45) is 9.14. The Morgan fingerprint density at radius 2 is 1.57 bits per heavy atom. The van der Waals surface area contributed by atoms with Crippen molar-refractivity contribution in [2.24, 2.45) is 0 Å². The van der Waals surface area contributed by atoms with Crippen LogP contribution in [-0.4, -0.2) is 23.1 Å². The van der Waals surface area contributed by atoms with Crippen LogP contribution in [0.5, 0.6) is 5.75 Å². The second-order valence-corrected chi connectivity index (χ2v) is 5.94. The first-order chi connectivity index (χ1) is 10.2. The number of benzene rings is 1. The van der Waals surface area contributed by atoms with Crippen molar-refractivity contribution in [3.8, 4) is 5.75 Å². The summed E-state index contributed by atoms with van der Waals surface area (Å²) in [5, 5.41) is 10.0. The van der Waals surface area contributed by atoms with E-state index < -0.39 is 0 Å².